The monoisotopic (exact) mass is 539 g/mol. The lowest BCUT2D eigenvalue weighted by atomic mass is 10.1. The van der Waals surface area contributed by atoms with Crippen molar-refractivity contribution in [2.24, 2.45) is 0 Å². The molecule has 0 unspecified atom stereocenters. The lowest BCUT2D eigenvalue weighted by Gasteiger charge is -2.23. The number of fused-ring (bicyclic) bond motifs is 1. The molecule has 190 valence electrons. The minimum Gasteiger partial charge on any atom is -0.337 e. The van der Waals surface area contributed by atoms with E-state index in [0.29, 0.717) is 39.9 Å². The van der Waals surface area contributed by atoms with Crippen LogP contribution < -0.4 is 5.56 Å². The average Bonchev–Trinajstić information content (AvgIpc) is 2.95. The smallest absolute Gasteiger partial charge is 0.266 e. The van der Waals surface area contributed by atoms with Crippen molar-refractivity contribution in [2.75, 3.05) is 12.3 Å². The zero-order valence-electron chi connectivity index (χ0n) is 20.7. The van der Waals surface area contributed by atoms with Gasteiger partial charge >= 0.3 is 0 Å². The number of hydrogen-bond donors (Lipinski definition) is 0. The topological polar surface area (TPSA) is 55.2 Å². The van der Waals surface area contributed by atoms with E-state index < -0.39 is 0 Å². The molecule has 0 radical (unpaired) electrons. The van der Waals surface area contributed by atoms with E-state index in [4.69, 9.17) is 16.6 Å². The third-order valence-electron chi connectivity index (χ3n) is 6.22. The standard InChI is InChI=1S/C31H26ClN3O2S/c32-25-14-9-15-26(20-25)35-30(37)27-16-7-8-17-28(27)33-31(35)38-22-29(36)34(21-24-12-5-2-6-13-24)19-18-23-10-3-1-4-11-23/h1-17,20H,18-19,21-22H2. The second kappa shape index (κ2) is 12.1. The van der Waals surface area contributed by atoms with Crippen molar-refractivity contribution in [3.05, 3.63) is 136 Å². The third kappa shape index (κ3) is 6.15. The van der Waals surface area contributed by atoms with Crippen molar-refractivity contribution in [1.82, 2.24) is 14.5 Å². The van der Waals surface area contributed by atoms with Crippen molar-refractivity contribution in [2.45, 2.75) is 18.1 Å². The Hall–Kier alpha value is -3.87. The first kappa shape index (κ1) is 25.8. The minimum absolute atomic E-state index is 0.0187. The van der Waals surface area contributed by atoms with Crippen LogP contribution in [0.4, 0.5) is 0 Å². The number of hydrogen-bond acceptors (Lipinski definition) is 4. The van der Waals surface area contributed by atoms with Gasteiger partial charge in [-0.2, -0.15) is 0 Å². The van der Waals surface area contributed by atoms with Gasteiger partial charge in [0, 0.05) is 18.1 Å². The Morgan fingerprint density at radius 2 is 1.53 bits per heavy atom. The van der Waals surface area contributed by atoms with Crippen LogP contribution in [0.3, 0.4) is 0 Å². The summed E-state index contributed by atoms with van der Waals surface area (Å²) in [6.45, 7) is 1.10. The summed E-state index contributed by atoms with van der Waals surface area (Å²) in [5, 5.41) is 1.48. The minimum atomic E-state index is -0.196. The van der Waals surface area contributed by atoms with E-state index in [1.165, 1.54) is 21.9 Å². The first-order valence-electron chi connectivity index (χ1n) is 12.3. The second-order valence-electron chi connectivity index (χ2n) is 8.86. The van der Waals surface area contributed by atoms with Gasteiger partial charge in [-0.25, -0.2) is 4.98 Å². The number of carbonyl (C=O) groups is 1. The fourth-order valence-corrected chi connectivity index (χ4v) is 5.37. The fourth-order valence-electron chi connectivity index (χ4n) is 4.27. The van der Waals surface area contributed by atoms with E-state index in [2.05, 4.69) is 12.1 Å². The normalized spacial score (nSPS) is 11.0. The summed E-state index contributed by atoms with van der Waals surface area (Å²) in [7, 11) is 0. The van der Waals surface area contributed by atoms with E-state index in [1.807, 2.05) is 77.7 Å². The highest BCUT2D eigenvalue weighted by Crippen LogP contribution is 2.24. The van der Waals surface area contributed by atoms with Crippen molar-refractivity contribution in [3.63, 3.8) is 0 Å². The zero-order chi connectivity index (χ0) is 26.3. The second-order valence-corrected chi connectivity index (χ2v) is 10.2. The van der Waals surface area contributed by atoms with Gasteiger partial charge in [-0.3, -0.25) is 14.2 Å². The van der Waals surface area contributed by atoms with Gasteiger partial charge in [-0.1, -0.05) is 102 Å². The highest BCUT2D eigenvalue weighted by atomic mass is 35.5. The molecule has 0 aliphatic rings. The SMILES string of the molecule is O=C(CSc1nc2ccccc2c(=O)n1-c1cccc(Cl)c1)N(CCc1ccccc1)Cc1ccccc1. The summed E-state index contributed by atoms with van der Waals surface area (Å²) >= 11 is 7.51. The maximum Gasteiger partial charge on any atom is 0.266 e. The number of halogens is 1. The van der Waals surface area contributed by atoms with Gasteiger partial charge in [0.15, 0.2) is 5.16 Å². The van der Waals surface area contributed by atoms with Crippen LogP contribution in [0.1, 0.15) is 11.1 Å². The van der Waals surface area contributed by atoms with Crippen LogP contribution in [0, 0.1) is 0 Å². The summed E-state index contributed by atoms with van der Waals surface area (Å²) < 4.78 is 1.54. The van der Waals surface area contributed by atoms with Crippen molar-refractivity contribution >= 4 is 40.2 Å². The molecule has 0 N–H and O–H groups in total. The maximum atomic E-state index is 13.6. The molecule has 0 saturated carbocycles. The third-order valence-corrected chi connectivity index (χ3v) is 7.38. The molecule has 0 saturated heterocycles. The molecule has 5 rings (SSSR count). The van der Waals surface area contributed by atoms with Gasteiger partial charge in [0.1, 0.15) is 0 Å². The summed E-state index contributed by atoms with van der Waals surface area (Å²) in [4.78, 5) is 33.7. The van der Waals surface area contributed by atoms with Gasteiger partial charge in [-0.05, 0) is 47.9 Å². The first-order valence-corrected chi connectivity index (χ1v) is 13.7. The van der Waals surface area contributed by atoms with E-state index >= 15 is 0 Å². The Bertz CT molecular complexity index is 1610. The number of rotatable bonds is 9. The fraction of sp³-hybridized carbons (Fsp3) is 0.129. The van der Waals surface area contributed by atoms with E-state index in [1.54, 1.807) is 24.3 Å². The lowest BCUT2D eigenvalue weighted by Crippen LogP contribution is -2.34. The van der Waals surface area contributed by atoms with Crippen LogP contribution in [-0.2, 0) is 17.8 Å². The molecule has 5 nitrogen and oxygen atoms in total. The van der Waals surface area contributed by atoms with Crippen LogP contribution in [0.5, 0.6) is 0 Å². The number of thioether (sulfide) groups is 1. The molecule has 5 aromatic rings. The van der Waals surface area contributed by atoms with Gasteiger partial charge in [0.05, 0.1) is 22.3 Å². The molecular weight excluding hydrogens is 514 g/mol. The molecule has 1 heterocycles. The van der Waals surface area contributed by atoms with Crippen LogP contribution in [0.25, 0.3) is 16.6 Å². The molecule has 7 heteroatoms. The zero-order valence-corrected chi connectivity index (χ0v) is 22.2. The molecule has 0 aliphatic heterocycles. The van der Waals surface area contributed by atoms with Gasteiger partial charge < -0.3 is 4.90 Å². The van der Waals surface area contributed by atoms with Crippen LogP contribution in [-0.4, -0.2) is 32.7 Å². The highest BCUT2D eigenvalue weighted by molar-refractivity contribution is 7.99. The molecule has 0 fully saturated rings. The Labute approximate surface area is 230 Å². The quantitative estimate of drug-likeness (QED) is 0.161. The highest BCUT2D eigenvalue weighted by Gasteiger charge is 2.19. The van der Waals surface area contributed by atoms with E-state index in [-0.39, 0.29) is 17.2 Å². The van der Waals surface area contributed by atoms with Gasteiger partial charge in [-0.15, -0.1) is 0 Å². The first-order chi connectivity index (χ1) is 18.6. The largest absolute Gasteiger partial charge is 0.337 e. The number of carbonyl (C=O) groups excluding carboxylic acids is 1. The Kier molecular flexibility index (Phi) is 8.22. The van der Waals surface area contributed by atoms with Crippen LogP contribution in [0.15, 0.2) is 119 Å². The number of nitrogens with zero attached hydrogens (tertiary/aromatic N) is 3. The number of amides is 1. The van der Waals surface area contributed by atoms with Crippen LogP contribution in [0.2, 0.25) is 5.02 Å². The summed E-state index contributed by atoms with van der Waals surface area (Å²) in [6.07, 6.45) is 0.755. The molecule has 38 heavy (non-hydrogen) atoms. The molecule has 1 aromatic heterocycles. The lowest BCUT2D eigenvalue weighted by molar-refractivity contribution is -0.128. The number of benzene rings is 4. The van der Waals surface area contributed by atoms with Crippen LogP contribution >= 0.6 is 23.4 Å². The summed E-state index contributed by atoms with van der Waals surface area (Å²) in [5.74, 6) is 0.127. The summed E-state index contributed by atoms with van der Waals surface area (Å²) in [5.41, 5.74) is 3.26. The Morgan fingerprint density at radius 3 is 2.26 bits per heavy atom. The summed E-state index contributed by atoms with van der Waals surface area (Å²) in [6, 6.07) is 34.5. The molecule has 1 amide bonds. The van der Waals surface area contributed by atoms with Gasteiger partial charge in [0.25, 0.3) is 5.56 Å². The van der Waals surface area contributed by atoms with Gasteiger partial charge in [0.2, 0.25) is 5.91 Å². The maximum absolute atomic E-state index is 13.6. The molecule has 4 aromatic carbocycles. The van der Waals surface area contributed by atoms with E-state index in [9.17, 15) is 9.59 Å². The molecule has 0 bridgehead atoms. The number of aromatic nitrogens is 2. The molecule has 0 atom stereocenters. The van der Waals surface area contributed by atoms with Crippen molar-refractivity contribution < 1.29 is 4.79 Å². The predicted octanol–water partition coefficient (Wildman–Crippen LogP) is 6.40. The average molecular weight is 540 g/mol. The Balaban J connectivity index is 1.43. The predicted molar refractivity (Wildman–Crippen MR) is 155 cm³/mol. The van der Waals surface area contributed by atoms with Crippen molar-refractivity contribution in [3.8, 4) is 5.69 Å². The number of para-hydroxylation sites is 1. The molecular formula is C31H26ClN3O2S. The molecule has 0 spiro atoms. The Morgan fingerprint density at radius 1 is 0.842 bits per heavy atom. The van der Waals surface area contributed by atoms with E-state index in [0.717, 1.165) is 12.0 Å². The molecule has 0 aliphatic carbocycles. The van der Waals surface area contributed by atoms with Crippen molar-refractivity contribution in [1.29, 1.82) is 0 Å².